The molecule has 0 fully saturated rings. The molecule has 0 bridgehead atoms. The summed E-state index contributed by atoms with van der Waals surface area (Å²) in [4.78, 5) is 0. The van der Waals surface area contributed by atoms with Gasteiger partial charge in [-0.25, -0.2) is 0 Å². The fourth-order valence-corrected chi connectivity index (χ4v) is 0. The van der Waals surface area contributed by atoms with Crippen molar-refractivity contribution in [2.24, 2.45) is 0 Å². The summed E-state index contributed by atoms with van der Waals surface area (Å²) in [6, 6.07) is 0. The Morgan fingerprint density at radius 2 is 1.00 bits per heavy atom. The normalized spacial score (nSPS) is 0. The van der Waals surface area contributed by atoms with Gasteiger partial charge < -0.3 is 0 Å². The van der Waals surface area contributed by atoms with E-state index in [1.54, 1.807) is 0 Å². The molecule has 0 unspecified atom stereocenters. The quantitative estimate of drug-likeness (QED) is 0.428. The predicted octanol–water partition coefficient (Wildman–Crippen LogP) is -1.03. The zero-order chi connectivity index (χ0) is 0. The second-order valence-electron chi connectivity index (χ2n) is 0. The van der Waals surface area contributed by atoms with Crippen LogP contribution in [0.15, 0.2) is 0 Å². The van der Waals surface area contributed by atoms with Crippen LogP contribution in [0.25, 0.3) is 0 Å². The molecule has 0 amide bonds. The van der Waals surface area contributed by atoms with E-state index in [1.807, 2.05) is 0 Å². The first-order valence-corrected chi connectivity index (χ1v) is 0. The third kappa shape index (κ3) is 8.82. The standard InChI is InChI=1S/Al.Cu.Li.Zr.H. The Morgan fingerprint density at radius 1 is 1.00 bits per heavy atom. The average Bonchev–Trinajstić information content (AvgIpc) is 0. The van der Waals surface area contributed by atoms with E-state index in [0.29, 0.717) is 0 Å². The molecule has 0 rings (SSSR count). The van der Waals surface area contributed by atoms with E-state index in [2.05, 4.69) is 0 Å². The van der Waals surface area contributed by atoms with E-state index in [4.69, 9.17) is 0 Å². The van der Waals surface area contributed by atoms with Crippen LogP contribution in [0.3, 0.4) is 0 Å². The molecule has 4 heteroatoms. The number of rotatable bonds is 0. The van der Waals surface area contributed by atoms with Crippen molar-refractivity contribution in [3.8, 4) is 0 Å². The molecule has 0 N–H and O–H groups in total. The summed E-state index contributed by atoms with van der Waals surface area (Å²) < 4.78 is 0. The number of hydrogen-bond donors (Lipinski definition) is 0. The van der Waals surface area contributed by atoms with Gasteiger partial charge in [0, 0.05) is 60.6 Å². The van der Waals surface area contributed by atoms with Crippen LogP contribution in [-0.4, -0.2) is 36.2 Å². The average molecular weight is 190 g/mol. The minimum atomic E-state index is 0. The summed E-state index contributed by atoms with van der Waals surface area (Å²) in [7, 11) is 0. The Hall–Kier alpha value is 2.53. The van der Waals surface area contributed by atoms with Crippen molar-refractivity contribution < 1.29 is 43.3 Å². The van der Waals surface area contributed by atoms with Crippen LogP contribution in [0, 0.1) is 0 Å². The first kappa shape index (κ1) is 31.2. The van der Waals surface area contributed by atoms with Gasteiger partial charge in [0.2, 0.25) is 0 Å². The zero-order valence-electron chi connectivity index (χ0n) is 1.38. The Kier molecular flexibility index (Phi) is 138. The van der Waals surface area contributed by atoms with Crippen molar-refractivity contribution in [1.82, 2.24) is 0 Å². The van der Waals surface area contributed by atoms with Gasteiger partial charge in [-0.05, 0) is 0 Å². The minimum Gasteiger partial charge on any atom is 0 e. The van der Waals surface area contributed by atoms with E-state index in [-0.39, 0.29) is 79.5 Å². The summed E-state index contributed by atoms with van der Waals surface area (Å²) in [6.07, 6.45) is 0. The molecule has 0 aromatic carbocycles. The van der Waals surface area contributed by atoms with Crippen LogP contribution in [0.2, 0.25) is 0 Å². The fraction of sp³-hybridized carbons (Fsp3) is 0. The monoisotopic (exact) mass is 188 g/mol. The molecule has 0 nitrogen and oxygen atoms in total. The maximum absolute atomic E-state index is 0. The van der Waals surface area contributed by atoms with Gasteiger partial charge >= 0.3 is 18.9 Å². The van der Waals surface area contributed by atoms with Crippen LogP contribution in [-0.2, 0) is 43.3 Å². The molecule has 0 aliphatic rings. The molecule has 20 valence electrons. The first-order chi connectivity index (χ1) is 0. The van der Waals surface area contributed by atoms with Gasteiger partial charge in [-0.15, -0.1) is 0 Å². The minimum absolute atomic E-state index is 0. The Balaban J connectivity index is 0. The predicted molar refractivity (Wildman–Crippen MR) is 12.9 cm³/mol. The maximum atomic E-state index is 0. The smallest absolute Gasteiger partial charge is 0 e. The summed E-state index contributed by atoms with van der Waals surface area (Å²) in [5, 5.41) is 0. The second kappa shape index (κ2) is 17.7. The molecule has 0 heterocycles. The van der Waals surface area contributed by atoms with Crippen molar-refractivity contribution >= 4 is 36.2 Å². The van der Waals surface area contributed by atoms with Crippen molar-refractivity contribution in [2.45, 2.75) is 0 Å². The molecule has 0 aromatic heterocycles. The molecule has 0 aliphatic heterocycles. The van der Waals surface area contributed by atoms with Gasteiger partial charge in [0.15, 0.2) is 0 Å². The van der Waals surface area contributed by atoms with Crippen molar-refractivity contribution in [3.05, 3.63) is 0 Å². The molecule has 0 atom stereocenters. The van der Waals surface area contributed by atoms with Gasteiger partial charge in [-0.3, -0.25) is 0 Å². The largest absolute Gasteiger partial charge is 0 e. The zero-order valence-corrected chi connectivity index (χ0v) is 5.93. The molecular weight excluding hydrogens is 189 g/mol. The summed E-state index contributed by atoms with van der Waals surface area (Å²) in [5.41, 5.74) is 0. The third-order valence-corrected chi connectivity index (χ3v) is 0. The summed E-state index contributed by atoms with van der Waals surface area (Å²) >= 11 is 0. The Labute approximate surface area is 78.4 Å². The van der Waals surface area contributed by atoms with Crippen LogP contribution in [0.4, 0.5) is 0 Å². The van der Waals surface area contributed by atoms with E-state index in [0.717, 1.165) is 0 Å². The summed E-state index contributed by atoms with van der Waals surface area (Å²) in [6.45, 7) is 0. The van der Waals surface area contributed by atoms with Crippen LogP contribution < -0.4 is 0 Å². The topological polar surface area (TPSA) is 0 Å². The molecule has 0 spiro atoms. The van der Waals surface area contributed by atoms with Crippen molar-refractivity contribution in [1.29, 1.82) is 0 Å². The van der Waals surface area contributed by atoms with Gasteiger partial charge in [0.05, 0.1) is 0 Å². The Morgan fingerprint density at radius 3 is 1.00 bits per heavy atom. The van der Waals surface area contributed by atoms with Gasteiger partial charge in [-0.2, -0.15) is 0 Å². The molecule has 0 saturated heterocycles. The van der Waals surface area contributed by atoms with Crippen LogP contribution in [0.1, 0.15) is 0 Å². The molecule has 0 aromatic rings. The van der Waals surface area contributed by atoms with Gasteiger partial charge in [0.1, 0.15) is 0 Å². The molecule has 4 heavy (non-hydrogen) atoms. The fourth-order valence-electron chi connectivity index (χ4n) is 0. The maximum Gasteiger partial charge on any atom is 0 e. The summed E-state index contributed by atoms with van der Waals surface area (Å²) in [5.74, 6) is 0. The van der Waals surface area contributed by atoms with E-state index < -0.39 is 0 Å². The third-order valence-electron chi connectivity index (χ3n) is 0. The van der Waals surface area contributed by atoms with Crippen molar-refractivity contribution in [3.63, 3.8) is 0 Å². The van der Waals surface area contributed by atoms with Gasteiger partial charge in [-0.1, -0.05) is 0 Å². The van der Waals surface area contributed by atoms with Crippen LogP contribution >= 0.6 is 0 Å². The van der Waals surface area contributed by atoms with Crippen LogP contribution in [0.5, 0.6) is 0 Å². The Bertz CT molecular complexity index is 8.00. The molecular formula is HAlCuLiZr. The number of hydrogen-bond acceptors (Lipinski definition) is 0. The van der Waals surface area contributed by atoms with Gasteiger partial charge in [0.25, 0.3) is 0 Å². The van der Waals surface area contributed by atoms with E-state index >= 15 is 0 Å². The van der Waals surface area contributed by atoms with E-state index in [9.17, 15) is 0 Å². The molecule has 0 saturated carbocycles. The molecule has 4 radical (unpaired) electrons. The first-order valence-electron chi connectivity index (χ1n) is 0. The molecule has 0 aliphatic carbocycles. The van der Waals surface area contributed by atoms with Crippen molar-refractivity contribution in [2.75, 3.05) is 0 Å². The SMILES string of the molecule is [Al].[Cu].[LiH].[Zr]. The van der Waals surface area contributed by atoms with E-state index in [1.165, 1.54) is 0 Å². The second-order valence-corrected chi connectivity index (χ2v) is 0.